The molecule has 4 atom stereocenters. The van der Waals surface area contributed by atoms with E-state index in [0.29, 0.717) is 5.56 Å². The molecule has 1 unspecified atom stereocenters. The van der Waals surface area contributed by atoms with Crippen LogP contribution in [-0.2, 0) is 14.1 Å². The van der Waals surface area contributed by atoms with Crippen LogP contribution in [0.5, 0.6) is 0 Å². The number of carbonyl (C=O) groups excluding carboxylic acids is 1. The summed E-state index contributed by atoms with van der Waals surface area (Å²) < 4.78 is 12.7. The molecule has 2 aliphatic rings. The summed E-state index contributed by atoms with van der Waals surface area (Å²) in [6, 6.07) is 17.9. The van der Waals surface area contributed by atoms with E-state index in [0.717, 1.165) is 5.69 Å². The lowest BCUT2D eigenvalue weighted by molar-refractivity contribution is -0.00726. The molecule has 6 nitrogen and oxygen atoms in total. The third kappa shape index (κ3) is 3.91. The molecular formula is C24H30BNO5. The molecule has 2 aliphatic heterocycles. The summed E-state index contributed by atoms with van der Waals surface area (Å²) in [6.45, 7) is 9.57. The Labute approximate surface area is 184 Å². The average molecular weight is 423 g/mol. The minimum absolute atomic E-state index is 0.104. The number of rotatable bonds is 5. The first-order valence-electron chi connectivity index (χ1n) is 10.8. The highest BCUT2D eigenvalue weighted by Gasteiger charge is 2.62. The number of Topliss-reactive ketones (excluding diaryl/α,β-unsaturated/α-hetero) is 1. The van der Waals surface area contributed by atoms with Crippen molar-refractivity contribution in [3.8, 4) is 0 Å². The van der Waals surface area contributed by atoms with Crippen molar-refractivity contribution < 1.29 is 24.0 Å². The van der Waals surface area contributed by atoms with E-state index in [-0.39, 0.29) is 5.78 Å². The first-order valence-corrected chi connectivity index (χ1v) is 10.8. The Kier molecular flexibility index (Phi) is 5.73. The monoisotopic (exact) mass is 423 g/mol. The largest absolute Gasteiger partial charge is 0.466 e. The van der Waals surface area contributed by atoms with Gasteiger partial charge in [-0.15, -0.1) is 0 Å². The van der Waals surface area contributed by atoms with Gasteiger partial charge < -0.3 is 14.4 Å². The molecule has 0 saturated carbocycles. The SMILES string of the molecule is CC(O)[C@H]1ON(c2ccccc2)[C@@H](C(=O)c2ccccc2)[C@@H]1B1OC(C)(C)C(C)(C)O1. The number of ketones is 1. The molecule has 2 aromatic rings. The maximum Gasteiger partial charge on any atom is 0.466 e. The lowest BCUT2D eigenvalue weighted by Gasteiger charge is -2.32. The summed E-state index contributed by atoms with van der Waals surface area (Å²) in [5.74, 6) is -0.638. The highest BCUT2D eigenvalue weighted by Crippen LogP contribution is 2.47. The van der Waals surface area contributed by atoms with E-state index in [1.165, 1.54) is 0 Å². The van der Waals surface area contributed by atoms with Gasteiger partial charge in [0.1, 0.15) is 12.1 Å². The summed E-state index contributed by atoms with van der Waals surface area (Å²) in [6.07, 6.45) is -1.50. The zero-order chi connectivity index (χ0) is 22.4. The Hall–Kier alpha value is -2.19. The molecule has 2 saturated heterocycles. The number of benzene rings is 2. The highest BCUT2D eigenvalue weighted by atomic mass is 16.7. The van der Waals surface area contributed by atoms with Crippen molar-refractivity contribution in [2.24, 2.45) is 0 Å². The summed E-state index contributed by atoms with van der Waals surface area (Å²) in [5, 5.41) is 12.2. The van der Waals surface area contributed by atoms with E-state index in [2.05, 4.69) is 0 Å². The molecule has 164 valence electrons. The third-order valence-corrected chi connectivity index (χ3v) is 6.63. The smallest absolute Gasteiger partial charge is 0.403 e. The van der Waals surface area contributed by atoms with Crippen molar-refractivity contribution in [3.63, 3.8) is 0 Å². The van der Waals surface area contributed by atoms with E-state index in [4.69, 9.17) is 14.1 Å². The van der Waals surface area contributed by atoms with Crippen LogP contribution in [0.2, 0.25) is 5.82 Å². The van der Waals surface area contributed by atoms with Gasteiger partial charge in [0.2, 0.25) is 0 Å². The first-order chi connectivity index (χ1) is 14.6. The molecule has 2 aromatic carbocycles. The van der Waals surface area contributed by atoms with Gasteiger partial charge in [-0.1, -0.05) is 48.5 Å². The lowest BCUT2D eigenvalue weighted by atomic mass is 9.62. The molecule has 0 aromatic heterocycles. The van der Waals surface area contributed by atoms with Crippen molar-refractivity contribution >= 4 is 18.6 Å². The van der Waals surface area contributed by atoms with Crippen LogP contribution >= 0.6 is 0 Å². The van der Waals surface area contributed by atoms with Gasteiger partial charge in [0, 0.05) is 5.56 Å². The summed E-state index contributed by atoms with van der Waals surface area (Å²) in [4.78, 5) is 20.0. The van der Waals surface area contributed by atoms with Gasteiger partial charge in [-0.2, -0.15) is 0 Å². The Morgan fingerprint density at radius 2 is 1.48 bits per heavy atom. The molecule has 7 heteroatoms. The summed E-state index contributed by atoms with van der Waals surface area (Å²) >= 11 is 0. The number of hydrogen-bond donors (Lipinski definition) is 1. The van der Waals surface area contributed by atoms with Crippen molar-refractivity contribution in [2.45, 2.75) is 69.9 Å². The molecule has 0 radical (unpaired) electrons. The molecular weight excluding hydrogens is 393 g/mol. The van der Waals surface area contributed by atoms with Crippen molar-refractivity contribution in [2.75, 3.05) is 5.06 Å². The standard InChI is InChI=1S/C24H30BNO5/c1-16(27)22-19(25-30-23(2,3)24(4,5)31-25)20(21(28)17-12-8-6-9-13-17)26(29-22)18-14-10-7-11-15-18/h6-16,19-20,22,27H,1-5H3/t16?,19-,20+,22+/m0/s1. The zero-order valence-electron chi connectivity index (χ0n) is 18.7. The minimum atomic E-state index is -0.830. The molecule has 0 bridgehead atoms. The highest BCUT2D eigenvalue weighted by molar-refractivity contribution is 6.49. The maximum atomic E-state index is 13.8. The van der Waals surface area contributed by atoms with E-state index in [9.17, 15) is 9.90 Å². The molecule has 0 spiro atoms. The van der Waals surface area contributed by atoms with Crippen molar-refractivity contribution in [3.05, 3.63) is 66.2 Å². The van der Waals surface area contributed by atoms with E-state index in [1.807, 2.05) is 76.2 Å². The van der Waals surface area contributed by atoms with Gasteiger partial charge in [-0.05, 0) is 46.8 Å². The second kappa shape index (κ2) is 8.06. The molecule has 2 fully saturated rings. The van der Waals surface area contributed by atoms with Crippen LogP contribution < -0.4 is 5.06 Å². The van der Waals surface area contributed by atoms with E-state index < -0.39 is 42.4 Å². The van der Waals surface area contributed by atoms with Gasteiger partial charge in [-0.3, -0.25) is 9.63 Å². The van der Waals surface area contributed by atoms with Gasteiger partial charge in [-0.25, -0.2) is 5.06 Å². The van der Waals surface area contributed by atoms with Gasteiger partial charge in [0.25, 0.3) is 0 Å². The van der Waals surface area contributed by atoms with Crippen LogP contribution in [0, 0.1) is 0 Å². The number of hydrogen-bond acceptors (Lipinski definition) is 6. The van der Waals surface area contributed by atoms with Crippen LogP contribution in [-0.4, -0.2) is 47.5 Å². The fourth-order valence-corrected chi connectivity index (χ4v) is 4.21. The predicted octanol–water partition coefficient (Wildman–Crippen LogP) is 3.90. The molecule has 0 aliphatic carbocycles. The number of carbonyl (C=O) groups is 1. The predicted molar refractivity (Wildman–Crippen MR) is 120 cm³/mol. The fourth-order valence-electron chi connectivity index (χ4n) is 4.21. The number of para-hydroxylation sites is 1. The van der Waals surface area contributed by atoms with Crippen LogP contribution in [0.15, 0.2) is 60.7 Å². The fraction of sp³-hybridized carbons (Fsp3) is 0.458. The van der Waals surface area contributed by atoms with Crippen LogP contribution in [0.25, 0.3) is 0 Å². The number of nitrogens with zero attached hydrogens (tertiary/aromatic N) is 1. The van der Waals surface area contributed by atoms with Gasteiger partial charge in [0.15, 0.2) is 5.78 Å². The Balaban J connectivity index is 1.79. The van der Waals surface area contributed by atoms with Crippen LogP contribution in [0.4, 0.5) is 5.69 Å². The zero-order valence-corrected chi connectivity index (χ0v) is 18.7. The van der Waals surface area contributed by atoms with Crippen LogP contribution in [0.1, 0.15) is 45.0 Å². The Morgan fingerprint density at radius 3 is 2.00 bits per heavy atom. The number of hydroxylamine groups is 1. The normalized spacial score (nSPS) is 28.0. The maximum absolute atomic E-state index is 13.8. The number of aliphatic hydroxyl groups is 1. The average Bonchev–Trinajstić information content (AvgIpc) is 3.23. The third-order valence-electron chi connectivity index (χ3n) is 6.63. The molecule has 2 heterocycles. The molecule has 0 amide bonds. The van der Waals surface area contributed by atoms with Crippen molar-refractivity contribution in [1.29, 1.82) is 0 Å². The van der Waals surface area contributed by atoms with Gasteiger partial charge >= 0.3 is 7.12 Å². The van der Waals surface area contributed by atoms with E-state index in [1.54, 1.807) is 24.1 Å². The second-order valence-electron chi connectivity index (χ2n) is 9.35. The first kappa shape index (κ1) is 22.0. The number of aliphatic hydroxyl groups excluding tert-OH is 1. The van der Waals surface area contributed by atoms with Gasteiger partial charge in [0.05, 0.1) is 28.8 Å². The molecule has 4 rings (SSSR count). The summed E-state index contributed by atoms with van der Waals surface area (Å²) in [5.41, 5.74) is 0.175. The molecule has 31 heavy (non-hydrogen) atoms. The van der Waals surface area contributed by atoms with Crippen molar-refractivity contribution in [1.82, 2.24) is 0 Å². The topological polar surface area (TPSA) is 68.2 Å². The molecule has 1 N–H and O–H groups in total. The second-order valence-corrected chi connectivity index (χ2v) is 9.35. The lowest BCUT2D eigenvalue weighted by Crippen LogP contribution is -2.45. The van der Waals surface area contributed by atoms with E-state index >= 15 is 0 Å². The quantitative estimate of drug-likeness (QED) is 0.581. The summed E-state index contributed by atoms with van der Waals surface area (Å²) in [7, 11) is -0.712. The Bertz CT molecular complexity index is 902. The van der Waals surface area contributed by atoms with Crippen LogP contribution in [0.3, 0.4) is 0 Å². The number of anilines is 1. The minimum Gasteiger partial charge on any atom is -0.403 e. The Morgan fingerprint density at radius 1 is 0.968 bits per heavy atom.